The smallest absolute Gasteiger partial charge is 0.328 e. The third kappa shape index (κ3) is 5.67. The zero-order valence-electron chi connectivity index (χ0n) is 20.3. The summed E-state index contributed by atoms with van der Waals surface area (Å²) in [7, 11) is 8.00. The second-order valence-corrected chi connectivity index (χ2v) is 8.65. The molecule has 1 saturated heterocycles. The van der Waals surface area contributed by atoms with Crippen LogP contribution in [0.25, 0.3) is 11.4 Å². The van der Waals surface area contributed by atoms with Crippen LogP contribution in [0.1, 0.15) is 16.8 Å². The largest absolute Gasteiger partial charge is 0.491 e. The van der Waals surface area contributed by atoms with E-state index in [1.165, 1.54) is 57.1 Å². The highest BCUT2D eigenvalue weighted by molar-refractivity contribution is 6.57. The second kappa shape index (κ2) is 11.4. The summed E-state index contributed by atoms with van der Waals surface area (Å²) in [5.41, 5.74) is 0.522. The van der Waals surface area contributed by atoms with Crippen LogP contribution in [0.3, 0.4) is 0 Å². The third-order valence-corrected chi connectivity index (χ3v) is 6.09. The van der Waals surface area contributed by atoms with Gasteiger partial charge in [-0.3, -0.25) is 14.6 Å². The standard InChI is InChI=1S/C24H21BClFN6O5/c1-37-19-10-29-20(14-7-12(26)3-4-16(14)27)32-21(19)31-17-5-6-28-9-15(17)22(34)30-13-8-18(23(35)38-2)33(11-13)24(25)36/h3-7,9-10,13,18H,8,11H2,1-2H3,(H,30,34)(H,28,29,31,32)/t13-,18-/m1/s1. The van der Waals surface area contributed by atoms with E-state index in [0.29, 0.717) is 10.7 Å². The van der Waals surface area contributed by atoms with Gasteiger partial charge in [-0.2, -0.15) is 0 Å². The van der Waals surface area contributed by atoms with Gasteiger partial charge in [0.2, 0.25) is 7.85 Å². The molecule has 2 atom stereocenters. The second-order valence-electron chi connectivity index (χ2n) is 8.22. The first-order valence-electron chi connectivity index (χ1n) is 11.2. The van der Waals surface area contributed by atoms with Gasteiger partial charge in [-0.1, -0.05) is 11.6 Å². The molecule has 14 heteroatoms. The Bertz CT molecular complexity index is 1400. The number of methoxy groups -OCH3 is 2. The Morgan fingerprint density at radius 3 is 2.71 bits per heavy atom. The number of hydrogen-bond acceptors (Lipinski definition) is 9. The number of pyridine rings is 1. The van der Waals surface area contributed by atoms with Crippen LogP contribution in [-0.4, -0.2) is 78.2 Å². The maximum Gasteiger partial charge on any atom is 0.328 e. The minimum Gasteiger partial charge on any atom is -0.491 e. The van der Waals surface area contributed by atoms with E-state index >= 15 is 0 Å². The number of carbonyl (C=O) groups excluding carboxylic acids is 3. The zero-order valence-corrected chi connectivity index (χ0v) is 21.0. The van der Waals surface area contributed by atoms with Gasteiger partial charge in [0, 0.05) is 36.4 Å². The van der Waals surface area contributed by atoms with E-state index in [1.54, 1.807) is 0 Å². The molecule has 2 aromatic heterocycles. The molecule has 1 aromatic carbocycles. The number of carbonyl (C=O) groups is 3. The molecule has 0 saturated carbocycles. The molecule has 1 fully saturated rings. The summed E-state index contributed by atoms with van der Waals surface area (Å²) in [6.07, 6.45) is 4.28. The number of amides is 2. The van der Waals surface area contributed by atoms with Crippen LogP contribution >= 0.6 is 11.6 Å². The quantitative estimate of drug-likeness (QED) is 0.344. The molecule has 38 heavy (non-hydrogen) atoms. The SMILES string of the molecule is [B]C(=O)N1C[C@H](NC(=O)c2cnccc2Nc2nc(-c3cc(Cl)ccc3F)ncc2OC)C[C@@H]1C(=O)OC. The Balaban J connectivity index is 1.59. The first-order valence-corrected chi connectivity index (χ1v) is 11.6. The van der Waals surface area contributed by atoms with Crippen molar-refractivity contribution in [3.05, 3.63) is 59.3 Å². The minimum absolute atomic E-state index is 0.0259. The molecule has 2 radical (unpaired) electrons. The van der Waals surface area contributed by atoms with Gasteiger partial charge in [0.1, 0.15) is 11.9 Å². The zero-order chi connectivity index (χ0) is 27.4. The molecule has 194 valence electrons. The van der Waals surface area contributed by atoms with E-state index in [4.69, 9.17) is 28.9 Å². The molecule has 1 aliphatic rings. The molecular weight excluding hydrogens is 518 g/mol. The Morgan fingerprint density at radius 2 is 2.00 bits per heavy atom. The molecule has 3 aromatic rings. The number of anilines is 2. The number of benzene rings is 1. The molecule has 4 rings (SSSR count). The predicted molar refractivity (Wildman–Crippen MR) is 136 cm³/mol. The van der Waals surface area contributed by atoms with E-state index in [9.17, 15) is 18.8 Å². The van der Waals surface area contributed by atoms with Gasteiger partial charge in [-0.25, -0.2) is 19.2 Å². The van der Waals surface area contributed by atoms with Gasteiger partial charge in [0.25, 0.3) is 5.91 Å². The van der Waals surface area contributed by atoms with Gasteiger partial charge in [-0.15, -0.1) is 0 Å². The van der Waals surface area contributed by atoms with Crippen LogP contribution in [0.5, 0.6) is 5.75 Å². The molecule has 2 N–H and O–H groups in total. The summed E-state index contributed by atoms with van der Waals surface area (Å²) in [5.74, 6) is -2.11. The van der Waals surface area contributed by atoms with E-state index in [0.717, 1.165) is 4.90 Å². The molecular formula is C24H21BClFN6O5. The first-order chi connectivity index (χ1) is 18.2. The number of halogens is 2. The Morgan fingerprint density at radius 1 is 1.21 bits per heavy atom. The van der Waals surface area contributed by atoms with Crippen molar-refractivity contribution in [1.82, 2.24) is 25.2 Å². The van der Waals surface area contributed by atoms with Crippen molar-refractivity contribution in [3.63, 3.8) is 0 Å². The van der Waals surface area contributed by atoms with Gasteiger partial charge in [0.15, 0.2) is 23.2 Å². The van der Waals surface area contributed by atoms with Crippen LogP contribution in [0.15, 0.2) is 42.9 Å². The lowest BCUT2D eigenvalue weighted by atomic mass is 10.1. The van der Waals surface area contributed by atoms with Gasteiger partial charge >= 0.3 is 5.97 Å². The van der Waals surface area contributed by atoms with Crippen molar-refractivity contribution in [1.29, 1.82) is 0 Å². The van der Waals surface area contributed by atoms with E-state index in [-0.39, 0.29) is 41.5 Å². The third-order valence-electron chi connectivity index (χ3n) is 5.86. The summed E-state index contributed by atoms with van der Waals surface area (Å²) in [6, 6.07) is 4.06. The number of hydrogen-bond donors (Lipinski definition) is 2. The maximum atomic E-state index is 14.4. The van der Waals surface area contributed by atoms with Crippen LogP contribution in [0.4, 0.5) is 20.7 Å². The number of nitrogens with one attached hydrogen (secondary N) is 2. The topological polar surface area (TPSA) is 136 Å². The molecule has 11 nitrogen and oxygen atoms in total. The molecule has 1 aliphatic heterocycles. The van der Waals surface area contributed by atoms with Crippen LogP contribution in [-0.2, 0) is 9.53 Å². The van der Waals surface area contributed by atoms with E-state index in [1.807, 2.05) is 0 Å². The lowest BCUT2D eigenvalue weighted by molar-refractivity contribution is -0.144. The Hall–Kier alpha value is -4.26. The predicted octanol–water partition coefficient (Wildman–Crippen LogP) is 2.72. The van der Waals surface area contributed by atoms with Crippen molar-refractivity contribution in [2.75, 3.05) is 26.1 Å². The summed E-state index contributed by atoms with van der Waals surface area (Å²) in [4.78, 5) is 50.7. The highest BCUT2D eigenvalue weighted by atomic mass is 35.5. The highest BCUT2D eigenvalue weighted by Gasteiger charge is 2.39. The van der Waals surface area contributed by atoms with E-state index < -0.39 is 35.6 Å². The van der Waals surface area contributed by atoms with Crippen molar-refractivity contribution < 1.29 is 28.2 Å². The fraction of sp³-hybridized carbons (Fsp3) is 0.250. The number of ether oxygens (including phenoxy) is 2. The summed E-state index contributed by atoms with van der Waals surface area (Å²) >= 11 is 6.01. The summed E-state index contributed by atoms with van der Waals surface area (Å²) in [5, 5.41) is 6.11. The molecule has 0 unspecified atom stereocenters. The van der Waals surface area contributed by atoms with E-state index in [2.05, 4.69) is 25.6 Å². The summed E-state index contributed by atoms with van der Waals surface area (Å²) in [6.45, 7) is 0.0259. The maximum absolute atomic E-state index is 14.4. The number of aromatic nitrogens is 3. The van der Waals surface area contributed by atoms with Crippen LogP contribution < -0.4 is 15.4 Å². The molecule has 0 spiro atoms. The summed E-state index contributed by atoms with van der Waals surface area (Å²) < 4.78 is 24.5. The average Bonchev–Trinajstić information content (AvgIpc) is 3.34. The molecule has 3 heterocycles. The Kier molecular flexibility index (Phi) is 8.06. The van der Waals surface area contributed by atoms with Crippen molar-refractivity contribution in [2.24, 2.45) is 0 Å². The van der Waals surface area contributed by atoms with Crippen molar-refractivity contribution in [3.8, 4) is 17.1 Å². The van der Waals surface area contributed by atoms with Gasteiger partial charge in [0.05, 0.1) is 37.2 Å². The van der Waals surface area contributed by atoms with Gasteiger partial charge in [-0.05, 0) is 24.3 Å². The first kappa shape index (κ1) is 26.8. The number of nitrogens with zero attached hydrogens (tertiary/aromatic N) is 4. The molecule has 2 amide bonds. The number of rotatable bonds is 7. The van der Waals surface area contributed by atoms with Crippen LogP contribution in [0.2, 0.25) is 5.02 Å². The normalized spacial score (nSPS) is 16.6. The lowest BCUT2D eigenvalue weighted by Gasteiger charge is -2.21. The highest BCUT2D eigenvalue weighted by Crippen LogP contribution is 2.31. The number of likely N-dealkylation sites (tertiary alicyclic amines) is 1. The fourth-order valence-electron chi connectivity index (χ4n) is 4.03. The molecule has 0 bridgehead atoms. The fourth-order valence-corrected chi connectivity index (χ4v) is 4.20. The van der Waals surface area contributed by atoms with Gasteiger partial charge < -0.3 is 25.0 Å². The average molecular weight is 539 g/mol. The molecule has 0 aliphatic carbocycles. The minimum atomic E-state index is -0.912. The van der Waals surface area contributed by atoms with Crippen molar-refractivity contribution >= 4 is 48.6 Å². The number of esters is 1. The monoisotopic (exact) mass is 538 g/mol. The Labute approximate surface area is 223 Å². The van der Waals surface area contributed by atoms with Crippen LogP contribution in [0, 0.1) is 5.82 Å². The lowest BCUT2D eigenvalue weighted by Crippen LogP contribution is -2.41. The van der Waals surface area contributed by atoms with Crippen molar-refractivity contribution in [2.45, 2.75) is 18.5 Å².